The number of carbonyl (C=O) groups excluding carboxylic acids is 2. The third-order valence-corrected chi connectivity index (χ3v) is 1.01. The summed E-state index contributed by atoms with van der Waals surface area (Å²) in [5.41, 5.74) is 0. The summed E-state index contributed by atoms with van der Waals surface area (Å²) in [6.07, 6.45) is 2.47. The molecule has 0 aromatic rings. The molecule has 0 unspecified atom stereocenters. The van der Waals surface area contributed by atoms with E-state index in [1.807, 2.05) is 0 Å². The van der Waals surface area contributed by atoms with Crippen molar-refractivity contribution in [3.63, 3.8) is 0 Å². The van der Waals surface area contributed by atoms with E-state index in [9.17, 15) is 9.59 Å². The second-order valence-electron chi connectivity index (χ2n) is 2.12. The fourth-order valence-electron chi connectivity index (χ4n) is 0.524. The quantitative estimate of drug-likeness (QED) is 0.265. The molecule has 5 heteroatoms. The minimum absolute atomic E-state index is 0. The van der Waals surface area contributed by atoms with Gasteiger partial charge < -0.3 is 9.47 Å². The Kier molecular flexibility index (Phi) is 11.2. The summed E-state index contributed by atoms with van der Waals surface area (Å²) in [7, 11) is 0. The molecule has 14 heavy (non-hydrogen) atoms. The summed E-state index contributed by atoms with van der Waals surface area (Å²) in [5, 5.41) is 0. The van der Waals surface area contributed by atoms with Gasteiger partial charge in [0.05, 0.1) is 0 Å². The van der Waals surface area contributed by atoms with E-state index in [0.29, 0.717) is 0 Å². The van der Waals surface area contributed by atoms with Crippen molar-refractivity contribution in [2.24, 2.45) is 0 Å². The minimum atomic E-state index is -0.617. The van der Waals surface area contributed by atoms with Crippen LogP contribution in [0.3, 0.4) is 0 Å². The zero-order chi connectivity index (χ0) is 10.1. The van der Waals surface area contributed by atoms with Crippen LogP contribution in [-0.4, -0.2) is 44.0 Å². The monoisotopic (exact) mass is 191 g/mol. The first kappa shape index (κ1) is 15.5. The molecule has 73 valence electrons. The summed E-state index contributed by atoms with van der Waals surface area (Å²) < 4.78 is 9.12. The molecule has 1 radical (unpaired) electrons. The molecule has 0 atom stereocenters. The molecule has 0 saturated heterocycles. The zero-order valence-corrected chi connectivity index (χ0v) is 8.32. The van der Waals surface area contributed by atoms with Crippen LogP contribution in [0.15, 0.2) is 25.3 Å². The average Bonchev–Trinajstić information content (AvgIpc) is 2.11. The average molecular weight is 191 g/mol. The summed E-state index contributed by atoms with van der Waals surface area (Å²) in [4.78, 5) is 21.6. The minimum Gasteiger partial charge on any atom is -0.461 e. The molecule has 0 amide bonds. The van der Waals surface area contributed by atoms with Gasteiger partial charge in [-0.3, -0.25) is 9.59 Å². The van der Waals surface area contributed by atoms with Gasteiger partial charge in [-0.05, 0) is 0 Å². The third kappa shape index (κ3) is 9.11. The van der Waals surface area contributed by atoms with E-state index in [1.165, 1.54) is 12.2 Å². The Hall–Kier alpha value is -0.983. The molecular formula is C9H12LiO4. The number of hydrogen-bond acceptors (Lipinski definition) is 4. The molecule has 0 aromatic heterocycles. The van der Waals surface area contributed by atoms with Gasteiger partial charge in [0.15, 0.2) is 0 Å². The van der Waals surface area contributed by atoms with E-state index < -0.39 is 11.9 Å². The van der Waals surface area contributed by atoms with Gasteiger partial charge in [-0.2, -0.15) is 0 Å². The van der Waals surface area contributed by atoms with Gasteiger partial charge in [0.2, 0.25) is 0 Å². The van der Waals surface area contributed by atoms with Crippen LogP contribution in [0.25, 0.3) is 0 Å². The Bertz CT molecular complexity index is 191. The normalized spacial score (nSPS) is 8.00. The number of hydrogen-bond donors (Lipinski definition) is 0. The molecule has 0 aliphatic heterocycles. The third-order valence-electron chi connectivity index (χ3n) is 1.01. The van der Waals surface area contributed by atoms with Gasteiger partial charge in [-0.1, -0.05) is 25.3 Å². The Morgan fingerprint density at radius 3 is 1.64 bits per heavy atom. The summed E-state index contributed by atoms with van der Waals surface area (Å²) >= 11 is 0. The van der Waals surface area contributed by atoms with Crippen LogP contribution in [0.5, 0.6) is 0 Å². The van der Waals surface area contributed by atoms with Crippen LogP contribution < -0.4 is 0 Å². The molecule has 0 spiro atoms. The second-order valence-corrected chi connectivity index (χ2v) is 2.12. The molecule has 0 aliphatic rings. The largest absolute Gasteiger partial charge is 0.461 e. The van der Waals surface area contributed by atoms with Crippen LogP contribution >= 0.6 is 0 Å². The van der Waals surface area contributed by atoms with Crippen molar-refractivity contribution in [2.75, 3.05) is 13.2 Å². The van der Waals surface area contributed by atoms with E-state index >= 15 is 0 Å². The number of rotatable bonds is 6. The van der Waals surface area contributed by atoms with Gasteiger partial charge in [0.25, 0.3) is 0 Å². The first-order valence-electron chi connectivity index (χ1n) is 3.73. The topological polar surface area (TPSA) is 52.6 Å². The fraction of sp³-hybridized carbons (Fsp3) is 0.333. The summed E-state index contributed by atoms with van der Waals surface area (Å²) in [6, 6.07) is 0. The summed E-state index contributed by atoms with van der Waals surface area (Å²) in [6.45, 7) is 6.92. The number of carbonyl (C=O) groups is 2. The molecular weight excluding hydrogens is 179 g/mol. The Balaban J connectivity index is 0. The van der Waals surface area contributed by atoms with Crippen LogP contribution in [-0.2, 0) is 19.1 Å². The molecule has 0 aromatic carbocycles. The van der Waals surface area contributed by atoms with Crippen LogP contribution in [0.4, 0.5) is 0 Å². The Labute approximate surface area is 95.1 Å². The smallest absolute Gasteiger partial charge is 0.317 e. The summed E-state index contributed by atoms with van der Waals surface area (Å²) in [5.74, 6) is -1.23. The second kappa shape index (κ2) is 10.1. The van der Waals surface area contributed by atoms with E-state index in [4.69, 9.17) is 0 Å². The standard InChI is InChI=1S/C9H12O4.Li/c1-3-5-12-8(10)7-9(11)13-6-4-2;/h3-4H,1-2,5-7H2;. The molecule has 4 nitrogen and oxygen atoms in total. The van der Waals surface area contributed by atoms with E-state index in [1.54, 1.807) is 0 Å². The van der Waals surface area contributed by atoms with Crippen molar-refractivity contribution in [1.82, 2.24) is 0 Å². The zero-order valence-electron chi connectivity index (χ0n) is 8.32. The Morgan fingerprint density at radius 1 is 1.00 bits per heavy atom. The van der Waals surface area contributed by atoms with Crippen LogP contribution in [0.2, 0.25) is 0 Å². The molecule has 0 fully saturated rings. The van der Waals surface area contributed by atoms with Crippen molar-refractivity contribution in [1.29, 1.82) is 0 Å². The van der Waals surface area contributed by atoms with Crippen molar-refractivity contribution >= 4 is 30.8 Å². The molecule has 0 bridgehead atoms. The van der Waals surface area contributed by atoms with E-state index in [-0.39, 0.29) is 38.5 Å². The fourth-order valence-corrected chi connectivity index (χ4v) is 0.524. The number of esters is 2. The SMILES string of the molecule is C=CCOC(=O)CC(=O)OCC=C.[Li]. The predicted octanol–water partition coefficient (Wildman–Crippen LogP) is 0.454. The maximum atomic E-state index is 10.8. The molecule has 0 N–H and O–H groups in total. The van der Waals surface area contributed by atoms with Gasteiger partial charge >= 0.3 is 11.9 Å². The van der Waals surface area contributed by atoms with E-state index in [2.05, 4.69) is 22.6 Å². The maximum absolute atomic E-state index is 10.8. The maximum Gasteiger partial charge on any atom is 0.317 e. The van der Waals surface area contributed by atoms with Crippen LogP contribution in [0.1, 0.15) is 6.42 Å². The van der Waals surface area contributed by atoms with Crippen molar-refractivity contribution in [3.8, 4) is 0 Å². The molecule has 0 saturated carbocycles. The first-order valence-corrected chi connectivity index (χ1v) is 3.73. The van der Waals surface area contributed by atoms with Crippen molar-refractivity contribution in [2.45, 2.75) is 6.42 Å². The first-order chi connectivity index (χ1) is 6.20. The molecule has 0 aliphatic carbocycles. The van der Waals surface area contributed by atoms with Crippen molar-refractivity contribution in [3.05, 3.63) is 25.3 Å². The van der Waals surface area contributed by atoms with Crippen LogP contribution in [0, 0.1) is 0 Å². The molecule has 0 rings (SSSR count). The van der Waals surface area contributed by atoms with Crippen molar-refractivity contribution < 1.29 is 19.1 Å². The van der Waals surface area contributed by atoms with Gasteiger partial charge in [-0.25, -0.2) is 0 Å². The van der Waals surface area contributed by atoms with Gasteiger partial charge in [0, 0.05) is 18.9 Å². The van der Waals surface area contributed by atoms with Gasteiger partial charge in [0.1, 0.15) is 19.6 Å². The molecule has 0 heterocycles. The van der Waals surface area contributed by atoms with E-state index in [0.717, 1.165) is 0 Å². The Morgan fingerprint density at radius 2 is 1.36 bits per heavy atom. The predicted molar refractivity (Wildman–Crippen MR) is 52.7 cm³/mol. The van der Waals surface area contributed by atoms with Gasteiger partial charge in [-0.15, -0.1) is 0 Å². The number of ether oxygens (including phenoxy) is 2.